The maximum atomic E-state index is 5.88. The zero-order chi connectivity index (χ0) is 9.31. The number of hydrogen-bond acceptors (Lipinski definition) is 2. The van der Waals surface area contributed by atoms with Crippen LogP contribution in [0.25, 0.3) is 0 Å². The summed E-state index contributed by atoms with van der Waals surface area (Å²) in [6.07, 6.45) is 1.03. The molecule has 0 amide bonds. The molecule has 1 N–H and O–H groups in total. The van der Waals surface area contributed by atoms with Crippen LogP contribution in [-0.4, -0.2) is 12.1 Å². The van der Waals surface area contributed by atoms with E-state index in [1.165, 1.54) is 0 Å². The van der Waals surface area contributed by atoms with Crippen molar-refractivity contribution in [3.8, 4) is 5.75 Å². The second-order valence-electron chi connectivity index (χ2n) is 4.03. The number of rotatable bonds is 0. The van der Waals surface area contributed by atoms with Crippen LogP contribution in [0.4, 0.5) is 5.69 Å². The van der Waals surface area contributed by atoms with Gasteiger partial charge in [-0.05, 0) is 26.0 Å². The van der Waals surface area contributed by atoms with Crippen molar-refractivity contribution in [1.82, 2.24) is 0 Å². The number of nitrogens with one attached hydrogen (secondary N) is 1. The van der Waals surface area contributed by atoms with Crippen molar-refractivity contribution in [2.45, 2.75) is 25.9 Å². The molecule has 2 rings (SSSR count). The summed E-state index contributed by atoms with van der Waals surface area (Å²) in [7, 11) is 0. The van der Waals surface area contributed by atoms with Gasteiger partial charge in [0.25, 0.3) is 0 Å². The van der Waals surface area contributed by atoms with E-state index in [0.29, 0.717) is 0 Å². The Balaban J connectivity index is 2.34. The van der Waals surface area contributed by atoms with Crippen LogP contribution >= 0.6 is 0 Å². The quantitative estimate of drug-likeness (QED) is 0.657. The minimum absolute atomic E-state index is 0.0559. The lowest BCUT2D eigenvalue weighted by Crippen LogP contribution is -2.28. The van der Waals surface area contributed by atoms with Gasteiger partial charge in [-0.1, -0.05) is 12.1 Å². The number of ether oxygens (including phenoxy) is 1. The van der Waals surface area contributed by atoms with E-state index in [0.717, 1.165) is 24.4 Å². The highest BCUT2D eigenvalue weighted by atomic mass is 16.5. The minimum atomic E-state index is -0.0559. The van der Waals surface area contributed by atoms with Gasteiger partial charge in [0.15, 0.2) is 0 Å². The van der Waals surface area contributed by atoms with Crippen molar-refractivity contribution in [3.63, 3.8) is 0 Å². The molecule has 0 aliphatic carbocycles. The average molecular weight is 177 g/mol. The maximum Gasteiger partial charge on any atom is 0.143 e. The smallest absolute Gasteiger partial charge is 0.143 e. The van der Waals surface area contributed by atoms with E-state index < -0.39 is 0 Å². The van der Waals surface area contributed by atoms with Crippen LogP contribution in [0.3, 0.4) is 0 Å². The summed E-state index contributed by atoms with van der Waals surface area (Å²) >= 11 is 0. The Morgan fingerprint density at radius 1 is 1.31 bits per heavy atom. The summed E-state index contributed by atoms with van der Waals surface area (Å²) in [5, 5.41) is 3.36. The molecule has 2 heteroatoms. The molecule has 0 atom stereocenters. The van der Waals surface area contributed by atoms with Crippen LogP contribution in [0.1, 0.15) is 20.3 Å². The Morgan fingerprint density at radius 2 is 2.08 bits per heavy atom. The minimum Gasteiger partial charge on any atom is -0.486 e. The second-order valence-corrected chi connectivity index (χ2v) is 4.03. The lowest BCUT2D eigenvalue weighted by Gasteiger charge is -2.23. The highest BCUT2D eigenvalue weighted by Gasteiger charge is 2.23. The first-order valence-corrected chi connectivity index (χ1v) is 4.69. The first kappa shape index (κ1) is 8.42. The highest BCUT2D eigenvalue weighted by Crippen LogP contribution is 2.31. The van der Waals surface area contributed by atoms with Crippen molar-refractivity contribution in [2.75, 3.05) is 11.9 Å². The number of hydrogen-bond donors (Lipinski definition) is 1. The number of para-hydroxylation sites is 2. The Bertz CT molecular complexity index is 307. The topological polar surface area (TPSA) is 21.3 Å². The molecular formula is C11H15NO. The van der Waals surface area contributed by atoms with Crippen LogP contribution < -0.4 is 10.1 Å². The van der Waals surface area contributed by atoms with E-state index in [1.54, 1.807) is 0 Å². The Morgan fingerprint density at radius 3 is 2.92 bits per heavy atom. The molecule has 1 aromatic carbocycles. The Labute approximate surface area is 78.9 Å². The van der Waals surface area contributed by atoms with Gasteiger partial charge in [-0.25, -0.2) is 0 Å². The molecule has 0 fully saturated rings. The number of fused-ring (bicyclic) bond motifs is 1. The summed E-state index contributed by atoms with van der Waals surface area (Å²) < 4.78 is 5.88. The van der Waals surface area contributed by atoms with Crippen molar-refractivity contribution < 1.29 is 4.74 Å². The lowest BCUT2D eigenvalue weighted by atomic mass is 10.1. The molecule has 1 heterocycles. The summed E-state index contributed by atoms with van der Waals surface area (Å²) in [4.78, 5) is 0. The SMILES string of the molecule is CC1(C)CCNc2ccccc2O1. The molecule has 1 aliphatic heterocycles. The fourth-order valence-corrected chi connectivity index (χ4v) is 1.55. The Hall–Kier alpha value is -1.18. The third-order valence-electron chi connectivity index (χ3n) is 2.32. The van der Waals surface area contributed by atoms with E-state index in [1.807, 2.05) is 18.2 Å². The number of benzene rings is 1. The van der Waals surface area contributed by atoms with Crippen LogP contribution in [0.2, 0.25) is 0 Å². The van der Waals surface area contributed by atoms with Gasteiger partial charge < -0.3 is 10.1 Å². The van der Waals surface area contributed by atoms with Gasteiger partial charge in [-0.3, -0.25) is 0 Å². The fraction of sp³-hybridized carbons (Fsp3) is 0.455. The molecule has 0 spiro atoms. The molecule has 1 aromatic rings. The molecule has 0 radical (unpaired) electrons. The van der Waals surface area contributed by atoms with Crippen LogP contribution in [-0.2, 0) is 0 Å². The zero-order valence-corrected chi connectivity index (χ0v) is 8.13. The molecule has 0 unspecified atom stereocenters. The van der Waals surface area contributed by atoms with Crippen molar-refractivity contribution >= 4 is 5.69 Å². The van der Waals surface area contributed by atoms with Crippen molar-refractivity contribution in [1.29, 1.82) is 0 Å². The molecule has 0 aromatic heterocycles. The van der Waals surface area contributed by atoms with E-state index in [9.17, 15) is 0 Å². The standard InChI is InChI=1S/C11H15NO/c1-11(2)7-8-12-9-5-3-4-6-10(9)13-11/h3-6,12H,7-8H2,1-2H3. The summed E-state index contributed by atoms with van der Waals surface area (Å²) in [5.41, 5.74) is 1.05. The van der Waals surface area contributed by atoms with Gasteiger partial charge in [0.1, 0.15) is 11.4 Å². The zero-order valence-electron chi connectivity index (χ0n) is 8.13. The third-order valence-corrected chi connectivity index (χ3v) is 2.32. The van der Waals surface area contributed by atoms with Gasteiger partial charge >= 0.3 is 0 Å². The predicted octanol–water partition coefficient (Wildman–Crippen LogP) is 2.66. The van der Waals surface area contributed by atoms with Crippen LogP contribution in [0.15, 0.2) is 24.3 Å². The van der Waals surface area contributed by atoms with Gasteiger partial charge in [-0.2, -0.15) is 0 Å². The lowest BCUT2D eigenvalue weighted by molar-refractivity contribution is 0.108. The van der Waals surface area contributed by atoms with E-state index >= 15 is 0 Å². The molecule has 0 saturated carbocycles. The van der Waals surface area contributed by atoms with Gasteiger partial charge in [-0.15, -0.1) is 0 Å². The van der Waals surface area contributed by atoms with E-state index in [4.69, 9.17) is 4.74 Å². The molecule has 13 heavy (non-hydrogen) atoms. The van der Waals surface area contributed by atoms with Crippen LogP contribution in [0.5, 0.6) is 5.75 Å². The molecule has 0 bridgehead atoms. The molecule has 1 aliphatic rings. The largest absolute Gasteiger partial charge is 0.486 e. The number of anilines is 1. The van der Waals surface area contributed by atoms with Crippen molar-refractivity contribution in [2.24, 2.45) is 0 Å². The first-order valence-electron chi connectivity index (χ1n) is 4.69. The van der Waals surface area contributed by atoms with Gasteiger partial charge in [0.05, 0.1) is 5.69 Å². The highest BCUT2D eigenvalue weighted by molar-refractivity contribution is 5.56. The molecule has 0 saturated heterocycles. The molecular weight excluding hydrogens is 162 g/mol. The predicted molar refractivity (Wildman–Crippen MR) is 54.3 cm³/mol. The summed E-state index contributed by atoms with van der Waals surface area (Å²) in [6.45, 7) is 5.22. The van der Waals surface area contributed by atoms with E-state index in [-0.39, 0.29) is 5.60 Å². The van der Waals surface area contributed by atoms with Gasteiger partial charge in [0, 0.05) is 13.0 Å². The fourth-order valence-electron chi connectivity index (χ4n) is 1.55. The molecule has 2 nitrogen and oxygen atoms in total. The summed E-state index contributed by atoms with van der Waals surface area (Å²) in [6, 6.07) is 8.08. The van der Waals surface area contributed by atoms with Crippen LogP contribution in [0, 0.1) is 0 Å². The van der Waals surface area contributed by atoms with Crippen molar-refractivity contribution in [3.05, 3.63) is 24.3 Å². The monoisotopic (exact) mass is 177 g/mol. The van der Waals surface area contributed by atoms with Gasteiger partial charge in [0.2, 0.25) is 0 Å². The normalized spacial score (nSPS) is 19.2. The third kappa shape index (κ3) is 1.77. The average Bonchev–Trinajstić information content (AvgIpc) is 2.21. The summed E-state index contributed by atoms with van der Waals surface area (Å²) in [5.74, 6) is 0.963. The maximum absolute atomic E-state index is 5.88. The second kappa shape index (κ2) is 2.95. The van der Waals surface area contributed by atoms with E-state index in [2.05, 4.69) is 25.2 Å². The Kier molecular flexibility index (Phi) is 1.91. The molecule has 70 valence electrons. The first-order chi connectivity index (χ1) is 6.17.